The van der Waals surface area contributed by atoms with Crippen molar-refractivity contribution in [1.82, 2.24) is 19.6 Å². The summed E-state index contributed by atoms with van der Waals surface area (Å²) < 4.78 is 2.22. The average Bonchev–Trinajstić information content (AvgIpc) is 3.57. The van der Waals surface area contributed by atoms with E-state index < -0.39 is 12.0 Å². The number of carboxylic acids is 1. The van der Waals surface area contributed by atoms with Crippen LogP contribution in [0.15, 0.2) is 60.7 Å². The zero-order valence-electron chi connectivity index (χ0n) is 25.4. The second kappa shape index (κ2) is 13.3. The van der Waals surface area contributed by atoms with Crippen LogP contribution < -0.4 is 0 Å². The predicted molar refractivity (Wildman–Crippen MR) is 165 cm³/mol. The molecule has 2 aliphatic rings. The lowest BCUT2D eigenvalue weighted by Gasteiger charge is -2.35. The molecular formula is C35H48N4O2. The van der Waals surface area contributed by atoms with E-state index in [1.807, 2.05) is 0 Å². The summed E-state index contributed by atoms with van der Waals surface area (Å²) in [6.07, 6.45) is 4.05. The van der Waals surface area contributed by atoms with Gasteiger partial charge >= 0.3 is 5.97 Å². The Hall–Kier alpha value is -2.96. The molecule has 4 atom stereocenters. The van der Waals surface area contributed by atoms with Gasteiger partial charge in [-0.15, -0.1) is 0 Å². The number of aryl methyl sites for hydroxylation is 2. The molecule has 0 saturated carbocycles. The molecule has 0 radical (unpaired) electrons. The summed E-state index contributed by atoms with van der Waals surface area (Å²) in [5.41, 5.74) is 6.49. The van der Waals surface area contributed by atoms with Crippen molar-refractivity contribution >= 4 is 5.97 Å². The van der Waals surface area contributed by atoms with E-state index in [9.17, 15) is 9.90 Å². The maximum Gasteiger partial charge on any atom is 0.321 e. The predicted octanol–water partition coefficient (Wildman–Crippen LogP) is 6.20. The van der Waals surface area contributed by atoms with E-state index in [1.165, 1.54) is 22.4 Å². The van der Waals surface area contributed by atoms with Crippen LogP contribution >= 0.6 is 0 Å². The Kier molecular flexibility index (Phi) is 9.61. The van der Waals surface area contributed by atoms with Crippen molar-refractivity contribution in [1.29, 1.82) is 0 Å². The van der Waals surface area contributed by atoms with E-state index >= 15 is 0 Å². The molecule has 0 spiro atoms. The standard InChI is InChI=1S/C35H48N4O2/c1-5-26(4)34(35(40)41)38-23-30(32(24-38)29-14-10-11-25(3)19-29)22-37-17-15-28(16-18-37)33-21-31(36-39(33)6-2)20-27-12-8-7-9-13-27/h7-14,19,21,26,28,30,32,34H,5-6,15-18,20,22-24H2,1-4H3,(H,40,41)/t26-,30-,32+,34+/m0/s1. The molecule has 3 aromatic rings. The van der Waals surface area contributed by atoms with Crippen molar-refractivity contribution in [3.8, 4) is 0 Å². The van der Waals surface area contributed by atoms with Gasteiger partial charge in [0.2, 0.25) is 0 Å². The Bertz CT molecular complexity index is 1280. The third kappa shape index (κ3) is 6.92. The molecule has 0 amide bonds. The van der Waals surface area contributed by atoms with Crippen LogP contribution in [-0.4, -0.2) is 69.4 Å². The first kappa shape index (κ1) is 29.5. The summed E-state index contributed by atoms with van der Waals surface area (Å²) in [5.74, 6) is 0.787. The number of hydrogen-bond donors (Lipinski definition) is 1. The summed E-state index contributed by atoms with van der Waals surface area (Å²) in [6, 6.07) is 21.4. The lowest BCUT2D eigenvalue weighted by Crippen LogP contribution is -2.45. The van der Waals surface area contributed by atoms with Crippen molar-refractivity contribution in [2.45, 2.75) is 77.8 Å². The fraction of sp³-hybridized carbons (Fsp3) is 0.543. The monoisotopic (exact) mass is 556 g/mol. The third-order valence-electron chi connectivity index (χ3n) is 9.66. The first-order valence-electron chi connectivity index (χ1n) is 15.7. The molecule has 220 valence electrons. The number of likely N-dealkylation sites (tertiary alicyclic amines) is 2. The Morgan fingerprint density at radius 2 is 1.78 bits per heavy atom. The van der Waals surface area contributed by atoms with Crippen molar-refractivity contribution in [3.05, 3.63) is 88.7 Å². The second-order valence-electron chi connectivity index (χ2n) is 12.5. The smallest absolute Gasteiger partial charge is 0.321 e. The molecule has 1 N–H and O–H groups in total. The van der Waals surface area contributed by atoms with Crippen molar-refractivity contribution in [2.75, 3.05) is 32.7 Å². The van der Waals surface area contributed by atoms with Gasteiger partial charge in [0.25, 0.3) is 0 Å². The van der Waals surface area contributed by atoms with E-state index in [-0.39, 0.29) is 5.92 Å². The number of carbonyl (C=O) groups is 1. The van der Waals surface area contributed by atoms with Crippen LogP contribution in [0.5, 0.6) is 0 Å². The van der Waals surface area contributed by atoms with Gasteiger partial charge in [-0.05, 0) is 68.8 Å². The fourth-order valence-electron chi connectivity index (χ4n) is 7.28. The summed E-state index contributed by atoms with van der Waals surface area (Å²) in [5, 5.41) is 15.1. The topological polar surface area (TPSA) is 61.6 Å². The van der Waals surface area contributed by atoms with Crippen LogP contribution in [0.1, 0.15) is 79.9 Å². The molecule has 0 bridgehead atoms. The van der Waals surface area contributed by atoms with E-state index in [0.717, 1.165) is 70.6 Å². The molecule has 0 unspecified atom stereocenters. The van der Waals surface area contributed by atoms with Crippen molar-refractivity contribution in [3.63, 3.8) is 0 Å². The molecule has 2 saturated heterocycles. The molecule has 5 rings (SSSR count). The van der Waals surface area contributed by atoms with Crippen molar-refractivity contribution < 1.29 is 9.90 Å². The maximum absolute atomic E-state index is 12.3. The lowest BCUT2D eigenvalue weighted by molar-refractivity contribution is -0.145. The maximum atomic E-state index is 12.3. The minimum absolute atomic E-state index is 0.135. The fourth-order valence-corrected chi connectivity index (χ4v) is 7.28. The molecule has 41 heavy (non-hydrogen) atoms. The van der Waals surface area contributed by atoms with E-state index in [4.69, 9.17) is 5.10 Å². The molecule has 0 aliphatic carbocycles. The minimum atomic E-state index is -0.678. The zero-order chi connectivity index (χ0) is 28.9. The summed E-state index contributed by atoms with van der Waals surface area (Å²) in [4.78, 5) is 17.3. The number of piperidine rings is 1. The second-order valence-corrected chi connectivity index (χ2v) is 12.5. The van der Waals surface area contributed by atoms with Crippen molar-refractivity contribution in [2.24, 2.45) is 11.8 Å². The van der Waals surface area contributed by atoms with E-state index in [0.29, 0.717) is 17.8 Å². The molecule has 1 aromatic heterocycles. The van der Waals surface area contributed by atoms with Gasteiger partial charge in [-0.3, -0.25) is 14.4 Å². The number of aliphatic carboxylic acids is 1. The first-order valence-corrected chi connectivity index (χ1v) is 15.7. The Balaban J connectivity index is 1.26. The van der Waals surface area contributed by atoms with Gasteiger partial charge in [0.05, 0.1) is 5.69 Å². The first-order chi connectivity index (χ1) is 19.9. The summed E-state index contributed by atoms with van der Waals surface area (Å²) in [7, 11) is 0. The van der Waals surface area contributed by atoms with Gasteiger partial charge in [0.1, 0.15) is 6.04 Å². The zero-order valence-corrected chi connectivity index (χ0v) is 25.4. The van der Waals surface area contributed by atoms with E-state index in [1.54, 1.807) is 0 Å². The number of aromatic nitrogens is 2. The molecule has 6 nitrogen and oxygen atoms in total. The van der Waals surface area contributed by atoms with Gasteiger partial charge in [-0.25, -0.2) is 0 Å². The highest BCUT2D eigenvalue weighted by atomic mass is 16.4. The Labute approximate surface area is 246 Å². The van der Waals surface area contributed by atoms with Crippen LogP contribution in [0.2, 0.25) is 0 Å². The average molecular weight is 557 g/mol. The normalized spacial score (nSPS) is 22.1. The molecular weight excluding hydrogens is 508 g/mol. The number of hydrogen-bond acceptors (Lipinski definition) is 4. The number of carboxylic acid groups (broad SMARTS) is 1. The van der Waals surface area contributed by atoms with Gasteiger partial charge < -0.3 is 10.0 Å². The highest BCUT2D eigenvalue weighted by Gasteiger charge is 2.42. The summed E-state index contributed by atoms with van der Waals surface area (Å²) in [6.45, 7) is 14.3. The quantitative estimate of drug-likeness (QED) is 0.305. The van der Waals surface area contributed by atoms with Crippen LogP contribution in [-0.2, 0) is 17.8 Å². The largest absolute Gasteiger partial charge is 0.480 e. The molecule has 2 fully saturated rings. The number of benzene rings is 2. The van der Waals surface area contributed by atoms with E-state index in [2.05, 4.69) is 103 Å². The molecule has 3 heterocycles. The number of rotatable bonds is 11. The number of nitrogens with zero attached hydrogens (tertiary/aromatic N) is 4. The lowest BCUT2D eigenvalue weighted by atomic mass is 9.86. The Morgan fingerprint density at radius 3 is 2.44 bits per heavy atom. The van der Waals surface area contributed by atoms with Gasteiger partial charge in [-0.2, -0.15) is 5.10 Å². The van der Waals surface area contributed by atoms with Crippen LogP contribution in [0.3, 0.4) is 0 Å². The highest BCUT2D eigenvalue weighted by Crippen LogP contribution is 2.38. The minimum Gasteiger partial charge on any atom is -0.480 e. The van der Waals surface area contributed by atoms with Crippen LogP contribution in [0, 0.1) is 18.8 Å². The van der Waals surface area contributed by atoms with Gasteiger partial charge in [-0.1, -0.05) is 80.4 Å². The molecule has 6 heteroatoms. The van der Waals surface area contributed by atoms with Gasteiger partial charge in [0.15, 0.2) is 0 Å². The van der Waals surface area contributed by atoms with Crippen LogP contribution in [0.25, 0.3) is 0 Å². The molecule has 2 aliphatic heterocycles. The Morgan fingerprint density at radius 1 is 1.02 bits per heavy atom. The van der Waals surface area contributed by atoms with Gasteiger partial charge in [0, 0.05) is 50.1 Å². The SMILES string of the molecule is CC[C@H](C)[C@H](C(=O)O)N1C[C@H](CN2CCC(c3cc(Cc4ccccc4)nn3CC)CC2)[C@@H](c2cccc(C)c2)C1. The third-order valence-corrected chi connectivity index (χ3v) is 9.66. The highest BCUT2D eigenvalue weighted by molar-refractivity contribution is 5.74. The summed E-state index contributed by atoms with van der Waals surface area (Å²) >= 11 is 0. The molecule has 2 aromatic carbocycles. The van der Waals surface area contributed by atoms with Crippen LogP contribution in [0.4, 0.5) is 0 Å².